The number of rotatable bonds is 0. The van der Waals surface area contributed by atoms with Crippen LogP contribution in [0.25, 0.3) is 0 Å². The zero-order valence-corrected chi connectivity index (χ0v) is 9.50. The largest absolute Gasteiger partial charge is 2.00 e. The number of halogens is 3. The fourth-order valence-corrected chi connectivity index (χ4v) is 0.532. The van der Waals surface area contributed by atoms with Crippen molar-refractivity contribution in [3.8, 4) is 0 Å². The molecule has 0 aliphatic heterocycles. The van der Waals surface area contributed by atoms with Gasteiger partial charge in [0, 0.05) is 11.6 Å². The van der Waals surface area contributed by atoms with Crippen molar-refractivity contribution in [2.24, 2.45) is 0 Å². The van der Waals surface area contributed by atoms with Gasteiger partial charge in [0.25, 0.3) is 0 Å². The Morgan fingerprint density at radius 2 is 1.45 bits per heavy atom. The molecule has 4 heteroatoms. The predicted octanol–water partition coefficient (Wildman–Crippen LogP) is -0.852. The second-order valence-electron chi connectivity index (χ2n) is 1.70. The van der Waals surface area contributed by atoms with E-state index >= 15 is 0 Å². The van der Waals surface area contributed by atoms with Gasteiger partial charge in [0.1, 0.15) is 0 Å². The van der Waals surface area contributed by atoms with Crippen molar-refractivity contribution >= 4 is 0 Å². The maximum atomic E-state index is 12.3. The number of benzene rings is 1. The summed E-state index contributed by atoms with van der Waals surface area (Å²) >= 11 is 0. The molecule has 0 aromatic heterocycles. The summed E-state index contributed by atoms with van der Waals surface area (Å²) in [6, 6.07) is 3.65. The van der Waals surface area contributed by atoms with Crippen LogP contribution >= 0.6 is 0 Å². The van der Waals surface area contributed by atoms with Gasteiger partial charge in [-0.3, -0.25) is 8.78 Å². The summed E-state index contributed by atoms with van der Waals surface area (Å²) in [4.78, 5) is 0. The zero-order chi connectivity index (χ0) is 6.85. The molecule has 0 unspecified atom stereocenters. The van der Waals surface area contributed by atoms with Crippen LogP contribution in [-0.4, -0.2) is 0 Å². The molecule has 1 aromatic rings. The maximum absolute atomic E-state index is 12.3. The second kappa shape index (κ2) is 5.51. The Bertz CT molecular complexity index is 207. The first-order valence-corrected chi connectivity index (χ1v) is 2.48. The number of hydrogen-bond acceptors (Lipinski definition) is 0. The van der Waals surface area contributed by atoms with Gasteiger partial charge >= 0.3 is 19.5 Å². The zero-order valence-electron chi connectivity index (χ0n) is 5.78. The SMILES string of the molecule is [CH2-]c1c(F)cccc1F.[Cl-].[Zn+2]. The molecule has 0 atom stereocenters. The monoisotopic (exact) mass is 226 g/mol. The molecule has 0 fully saturated rings. The Morgan fingerprint density at radius 3 is 1.73 bits per heavy atom. The molecule has 0 bridgehead atoms. The molecule has 1 rings (SSSR count). The van der Waals surface area contributed by atoms with E-state index in [1.165, 1.54) is 18.2 Å². The van der Waals surface area contributed by atoms with Crippen molar-refractivity contribution in [1.82, 2.24) is 0 Å². The average molecular weight is 228 g/mol. The molecule has 0 spiro atoms. The van der Waals surface area contributed by atoms with Gasteiger partial charge in [-0.25, -0.2) is 0 Å². The standard InChI is InChI=1S/C7H5F2.ClH.Zn/c1-5-6(8)3-2-4-7(5)9;;/h2-4H,1H2;1H;/q-1;;+2/p-1. The predicted molar refractivity (Wildman–Crippen MR) is 30.8 cm³/mol. The smallest absolute Gasteiger partial charge is 1.00 e. The van der Waals surface area contributed by atoms with E-state index in [0.29, 0.717) is 0 Å². The summed E-state index contributed by atoms with van der Waals surface area (Å²) in [7, 11) is 0. The molecule has 56 valence electrons. The summed E-state index contributed by atoms with van der Waals surface area (Å²) in [5, 5.41) is 0. The summed E-state index contributed by atoms with van der Waals surface area (Å²) in [6.07, 6.45) is 0. The van der Waals surface area contributed by atoms with Gasteiger partial charge in [-0.05, 0) is 0 Å². The van der Waals surface area contributed by atoms with E-state index in [9.17, 15) is 8.78 Å². The third-order valence-electron chi connectivity index (χ3n) is 1.06. The molecule has 0 amide bonds. The normalized spacial score (nSPS) is 7.82. The van der Waals surface area contributed by atoms with Gasteiger partial charge in [0.15, 0.2) is 0 Å². The van der Waals surface area contributed by atoms with E-state index in [1.54, 1.807) is 0 Å². The van der Waals surface area contributed by atoms with E-state index in [2.05, 4.69) is 6.92 Å². The summed E-state index contributed by atoms with van der Waals surface area (Å²) < 4.78 is 24.6. The third kappa shape index (κ3) is 3.17. The van der Waals surface area contributed by atoms with Crippen molar-refractivity contribution in [2.75, 3.05) is 0 Å². The van der Waals surface area contributed by atoms with E-state index < -0.39 is 11.6 Å². The van der Waals surface area contributed by atoms with Crippen molar-refractivity contribution in [2.45, 2.75) is 0 Å². The second-order valence-corrected chi connectivity index (χ2v) is 1.70. The minimum atomic E-state index is -0.602. The molecule has 0 heterocycles. The first kappa shape index (κ1) is 13.5. The van der Waals surface area contributed by atoms with Crippen LogP contribution in [0.15, 0.2) is 18.2 Å². The van der Waals surface area contributed by atoms with E-state index in [4.69, 9.17) is 0 Å². The maximum Gasteiger partial charge on any atom is 2.00 e. The fraction of sp³-hybridized carbons (Fsp3) is 0. The van der Waals surface area contributed by atoms with Gasteiger partial charge in [-0.15, -0.1) is 5.56 Å². The molecule has 0 saturated carbocycles. The molecule has 11 heavy (non-hydrogen) atoms. The van der Waals surface area contributed by atoms with Crippen molar-refractivity contribution in [3.05, 3.63) is 42.3 Å². The van der Waals surface area contributed by atoms with Crippen LogP contribution in [0.3, 0.4) is 0 Å². The first-order valence-electron chi connectivity index (χ1n) is 2.48. The van der Waals surface area contributed by atoms with E-state index in [1.807, 2.05) is 0 Å². The van der Waals surface area contributed by atoms with E-state index in [0.717, 1.165) is 0 Å². The molecule has 0 aliphatic rings. The van der Waals surface area contributed by atoms with Crippen LogP contribution in [0.2, 0.25) is 0 Å². The van der Waals surface area contributed by atoms with Gasteiger partial charge < -0.3 is 12.4 Å². The van der Waals surface area contributed by atoms with E-state index in [-0.39, 0.29) is 37.4 Å². The molecule has 1 aromatic carbocycles. The quantitative estimate of drug-likeness (QED) is 0.400. The van der Waals surface area contributed by atoms with Crippen LogP contribution in [0, 0.1) is 18.6 Å². The molecule has 0 saturated heterocycles. The Labute approximate surface area is 83.2 Å². The Morgan fingerprint density at radius 1 is 1.09 bits per heavy atom. The van der Waals surface area contributed by atoms with Crippen LogP contribution < -0.4 is 12.4 Å². The van der Waals surface area contributed by atoms with Crippen molar-refractivity contribution < 1.29 is 40.7 Å². The third-order valence-corrected chi connectivity index (χ3v) is 1.06. The first-order chi connectivity index (χ1) is 4.22. The molecule has 0 radical (unpaired) electrons. The molecule has 0 N–H and O–H groups in total. The van der Waals surface area contributed by atoms with Crippen LogP contribution in [0.4, 0.5) is 8.78 Å². The molecular formula is C7H5ClF2Zn. The Hall–Kier alpha value is -0.137. The summed E-state index contributed by atoms with van der Waals surface area (Å²) in [5.41, 5.74) is -0.169. The molecule has 0 aliphatic carbocycles. The topological polar surface area (TPSA) is 0 Å². The van der Waals surface area contributed by atoms with Gasteiger partial charge in [0.2, 0.25) is 0 Å². The van der Waals surface area contributed by atoms with Crippen LogP contribution in [-0.2, 0) is 19.5 Å². The minimum absolute atomic E-state index is 0. The average Bonchev–Trinajstić information content (AvgIpc) is 1.83. The molecule has 0 nitrogen and oxygen atoms in total. The number of hydrogen-bond donors (Lipinski definition) is 0. The summed E-state index contributed by atoms with van der Waals surface area (Å²) in [5.74, 6) is -1.20. The van der Waals surface area contributed by atoms with Gasteiger partial charge in [-0.1, -0.05) is 18.2 Å². The van der Waals surface area contributed by atoms with Gasteiger partial charge in [0.05, 0.1) is 0 Å². The van der Waals surface area contributed by atoms with Crippen molar-refractivity contribution in [3.63, 3.8) is 0 Å². The summed E-state index contributed by atoms with van der Waals surface area (Å²) in [6.45, 7) is 3.17. The minimum Gasteiger partial charge on any atom is -1.00 e. The van der Waals surface area contributed by atoms with Crippen molar-refractivity contribution in [1.29, 1.82) is 0 Å². The fourth-order valence-electron chi connectivity index (χ4n) is 0.532. The van der Waals surface area contributed by atoms with Crippen LogP contribution in [0.5, 0.6) is 0 Å². The Kier molecular flexibility index (Phi) is 6.73. The molecular weight excluding hydrogens is 223 g/mol. The Balaban J connectivity index is 0. The van der Waals surface area contributed by atoms with Crippen LogP contribution in [0.1, 0.15) is 5.56 Å². The van der Waals surface area contributed by atoms with Gasteiger partial charge in [-0.2, -0.15) is 6.92 Å².